The van der Waals surface area contributed by atoms with E-state index in [1.807, 2.05) is 51.2 Å². The maximum atomic E-state index is 12.2. The number of nitrogens with zero attached hydrogens (tertiary/aromatic N) is 2. The molecule has 1 aromatic rings. The van der Waals surface area contributed by atoms with Crippen molar-refractivity contribution in [1.82, 2.24) is 10.2 Å². The van der Waals surface area contributed by atoms with Crippen LogP contribution in [0.15, 0.2) is 30.3 Å². The highest BCUT2D eigenvalue weighted by atomic mass is 16.2. The lowest BCUT2D eigenvalue weighted by molar-refractivity contribution is -0.129. The van der Waals surface area contributed by atoms with Gasteiger partial charge in [-0.25, -0.2) is 0 Å². The van der Waals surface area contributed by atoms with E-state index in [1.165, 1.54) is 0 Å². The van der Waals surface area contributed by atoms with Crippen LogP contribution >= 0.6 is 0 Å². The van der Waals surface area contributed by atoms with E-state index in [9.17, 15) is 9.59 Å². The molecule has 0 saturated carbocycles. The van der Waals surface area contributed by atoms with Gasteiger partial charge in [-0.2, -0.15) is 0 Å². The summed E-state index contributed by atoms with van der Waals surface area (Å²) in [6.45, 7) is 5.82. The molecule has 2 amide bonds. The van der Waals surface area contributed by atoms with Gasteiger partial charge < -0.3 is 15.1 Å². The van der Waals surface area contributed by atoms with Gasteiger partial charge in [-0.1, -0.05) is 18.2 Å². The average Bonchev–Trinajstić information content (AvgIpc) is 2.90. The Balaban J connectivity index is 1.76. The van der Waals surface area contributed by atoms with Crippen molar-refractivity contribution in [3.63, 3.8) is 0 Å². The Bertz CT molecular complexity index is 516. The van der Waals surface area contributed by atoms with Crippen molar-refractivity contribution in [1.29, 1.82) is 0 Å². The Morgan fingerprint density at radius 1 is 1.36 bits per heavy atom. The van der Waals surface area contributed by atoms with Gasteiger partial charge in [-0.05, 0) is 26.0 Å². The summed E-state index contributed by atoms with van der Waals surface area (Å²) in [6, 6.07) is 10.2. The molecule has 1 heterocycles. The summed E-state index contributed by atoms with van der Waals surface area (Å²) in [6.07, 6.45) is 0.332. The van der Waals surface area contributed by atoms with Crippen LogP contribution in [0.5, 0.6) is 0 Å². The minimum atomic E-state index is -0.211. The fourth-order valence-electron chi connectivity index (χ4n) is 2.71. The summed E-state index contributed by atoms with van der Waals surface area (Å²) in [4.78, 5) is 27.9. The van der Waals surface area contributed by atoms with Crippen LogP contribution in [-0.2, 0) is 9.59 Å². The number of carbonyl (C=O) groups excluding carboxylic acids is 2. The number of amides is 2. The molecule has 1 N–H and O–H groups in total. The molecule has 120 valence electrons. The number of rotatable bonds is 6. The standard InChI is InChI=1S/C17H25N3O2/c1-13(2)20-12-14(11-16(20)21)17(22)18-9-10-19(3)15-7-5-4-6-8-15/h4-8,13-14H,9-12H2,1-3H3,(H,18,22)/t14-/m0/s1. The molecule has 1 aliphatic heterocycles. The van der Waals surface area contributed by atoms with Crippen molar-refractivity contribution in [2.24, 2.45) is 5.92 Å². The van der Waals surface area contributed by atoms with Crippen LogP contribution in [0.1, 0.15) is 20.3 Å². The maximum absolute atomic E-state index is 12.2. The summed E-state index contributed by atoms with van der Waals surface area (Å²) in [5.74, 6) is -0.147. The van der Waals surface area contributed by atoms with Gasteiger partial charge in [0.05, 0.1) is 5.92 Å². The number of hydrogen-bond donors (Lipinski definition) is 1. The largest absolute Gasteiger partial charge is 0.373 e. The maximum Gasteiger partial charge on any atom is 0.225 e. The normalized spacial score (nSPS) is 17.9. The Hall–Kier alpha value is -2.04. The molecule has 1 fully saturated rings. The number of hydrogen-bond acceptors (Lipinski definition) is 3. The monoisotopic (exact) mass is 303 g/mol. The Kier molecular flexibility index (Phi) is 5.41. The molecule has 5 heteroatoms. The first kappa shape index (κ1) is 16.3. The third-order valence-corrected chi connectivity index (χ3v) is 4.10. The summed E-state index contributed by atoms with van der Waals surface area (Å²) in [5, 5.41) is 2.95. The zero-order chi connectivity index (χ0) is 16.1. The fourth-order valence-corrected chi connectivity index (χ4v) is 2.71. The molecule has 1 saturated heterocycles. The number of likely N-dealkylation sites (tertiary alicyclic amines) is 1. The van der Waals surface area contributed by atoms with Crippen molar-refractivity contribution in [3.05, 3.63) is 30.3 Å². The molecule has 2 rings (SSSR count). The number of anilines is 1. The molecule has 22 heavy (non-hydrogen) atoms. The molecule has 0 aliphatic carbocycles. The lowest BCUT2D eigenvalue weighted by atomic mass is 10.1. The van der Waals surface area contributed by atoms with Crippen molar-refractivity contribution >= 4 is 17.5 Å². The molecule has 1 atom stereocenters. The Labute approximate surface area is 132 Å². The summed E-state index contributed by atoms with van der Waals surface area (Å²) in [7, 11) is 2.00. The molecule has 5 nitrogen and oxygen atoms in total. The smallest absolute Gasteiger partial charge is 0.225 e. The summed E-state index contributed by atoms with van der Waals surface area (Å²) >= 11 is 0. The number of benzene rings is 1. The zero-order valence-electron chi connectivity index (χ0n) is 13.6. The molecule has 0 spiro atoms. The second-order valence-electron chi connectivity index (χ2n) is 6.09. The van der Waals surface area contributed by atoms with Gasteiger partial charge in [0.2, 0.25) is 11.8 Å². The highest BCUT2D eigenvalue weighted by Crippen LogP contribution is 2.20. The zero-order valence-corrected chi connectivity index (χ0v) is 13.6. The Morgan fingerprint density at radius 3 is 2.64 bits per heavy atom. The predicted octanol–water partition coefficient (Wildman–Crippen LogP) is 1.50. The topological polar surface area (TPSA) is 52.7 Å². The first-order valence-electron chi connectivity index (χ1n) is 7.82. The summed E-state index contributed by atoms with van der Waals surface area (Å²) < 4.78 is 0. The average molecular weight is 303 g/mol. The van der Waals surface area contributed by atoms with Crippen LogP contribution in [0, 0.1) is 5.92 Å². The van der Waals surface area contributed by atoms with Crippen LogP contribution in [0.25, 0.3) is 0 Å². The Morgan fingerprint density at radius 2 is 2.05 bits per heavy atom. The number of para-hydroxylation sites is 1. The predicted molar refractivity (Wildman–Crippen MR) is 87.7 cm³/mol. The fraction of sp³-hybridized carbons (Fsp3) is 0.529. The van der Waals surface area contributed by atoms with E-state index < -0.39 is 0 Å². The van der Waals surface area contributed by atoms with Crippen LogP contribution in [0.4, 0.5) is 5.69 Å². The van der Waals surface area contributed by atoms with E-state index in [1.54, 1.807) is 4.90 Å². The quantitative estimate of drug-likeness (QED) is 0.866. The second-order valence-corrected chi connectivity index (χ2v) is 6.09. The van der Waals surface area contributed by atoms with Crippen molar-refractivity contribution in [2.75, 3.05) is 31.6 Å². The van der Waals surface area contributed by atoms with Gasteiger partial charge in [0.1, 0.15) is 0 Å². The van der Waals surface area contributed by atoms with E-state index in [4.69, 9.17) is 0 Å². The van der Waals surface area contributed by atoms with Crippen molar-refractivity contribution in [2.45, 2.75) is 26.3 Å². The molecular formula is C17H25N3O2. The van der Waals surface area contributed by atoms with Gasteiger partial charge in [0.25, 0.3) is 0 Å². The van der Waals surface area contributed by atoms with E-state index in [0.29, 0.717) is 19.5 Å². The number of likely N-dealkylation sites (N-methyl/N-ethyl adjacent to an activating group) is 1. The molecular weight excluding hydrogens is 278 g/mol. The molecule has 0 aromatic heterocycles. The van der Waals surface area contributed by atoms with Gasteiger partial charge >= 0.3 is 0 Å². The minimum absolute atomic E-state index is 0.0158. The molecule has 0 radical (unpaired) electrons. The van der Waals surface area contributed by atoms with Gasteiger partial charge in [-0.3, -0.25) is 9.59 Å². The van der Waals surface area contributed by atoms with Crippen LogP contribution in [0.3, 0.4) is 0 Å². The minimum Gasteiger partial charge on any atom is -0.373 e. The number of carbonyl (C=O) groups is 2. The van der Waals surface area contributed by atoms with Gasteiger partial charge in [0, 0.05) is 44.8 Å². The van der Waals surface area contributed by atoms with Gasteiger partial charge in [0.15, 0.2) is 0 Å². The molecule has 1 aromatic carbocycles. The van der Waals surface area contributed by atoms with E-state index in [-0.39, 0.29) is 23.8 Å². The molecule has 0 bridgehead atoms. The van der Waals surface area contributed by atoms with E-state index >= 15 is 0 Å². The summed E-state index contributed by atoms with van der Waals surface area (Å²) in [5.41, 5.74) is 1.12. The van der Waals surface area contributed by atoms with E-state index in [2.05, 4.69) is 10.2 Å². The first-order valence-corrected chi connectivity index (χ1v) is 7.82. The molecule has 0 unspecified atom stereocenters. The number of nitrogens with one attached hydrogen (secondary N) is 1. The van der Waals surface area contributed by atoms with Crippen LogP contribution in [0.2, 0.25) is 0 Å². The lowest BCUT2D eigenvalue weighted by Crippen LogP contribution is -2.38. The third kappa shape index (κ3) is 4.00. The molecule has 1 aliphatic rings. The van der Waals surface area contributed by atoms with Crippen LogP contribution in [-0.4, -0.2) is 49.4 Å². The lowest BCUT2D eigenvalue weighted by Gasteiger charge is -2.21. The SMILES string of the molecule is CC(C)N1C[C@@H](C(=O)NCCN(C)c2ccccc2)CC1=O. The van der Waals surface area contributed by atoms with E-state index in [0.717, 1.165) is 12.2 Å². The highest BCUT2D eigenvalue weighted by molar-refractivity contribution is 5.89. The first-order chi connectivity index (χ1) is 10.5. The van der Waals surface area contributed by atoms with Crippen LogP contribution < -0.4 is 10.2 Å². The van der Waals surface area contributed by atoms with Crippen molar-refractivity contribution < 1.29 is 9.59 Å². The third-order valence-electron chi connectivity index (χ3n) is 4.10. The van der Waals surface area contributed by atoms with Crippen molar-refractivity contribution in [3.8, 4) is 0 Å². The highest BCUT2D eigenvalue weighted by Gasteiger charge is 2.35. The van der Waals surface area contributed by atoms with Gasteiger partial charge in [-0.15, -0.1) is 0 Å². The second kappa shape index (κ2) is 7.29.